The maximum absolute atomic E-state index is 13.2. The number of anilines is 1. The van der Waals surface area contributed by atoms with Crippen molar-refractivity contribution in [2.24, 2.45) is 0 Å². The molecule has 0 aliphatic carbocycles. The van der Waals surface area contributed by atoms with Crippen LogP contribution in [0.1, 0.15) is 21.4 Å². The van der Waals surface area contributed by atoms with Gasteiger partial charge in [0.1, 0.15) is 5.75 Å². The lowest BCUT2D eigenvalue weighted by atomic mass is 9.98. The lowest BCUT2D eigenvalue weighted by Crippen LogP contribution is -2.52. The third kappa shape index (κ3) is 4.10. The maximum Gasteiger partial charge on any atom is 0.236 e. The zero-order chi connectivity index (χ0) is 21.2. The molecule has 0 saturated carbocycles. The second-order valence-corrected chi connectivity index (χ2v) is 9.96. The van der Waals surface area contributed by atoms with Crippen LogP contribution in [0.15, 0.2) is 53.2 Å². The van der Waals surface area contributed by atoms with E-state index in [2.05, 4.69) is 44.8 Å². The fourth-order valence-corrected chi connectivity index (χ4v) is 6.46. The second-order valence-electron chi connectivity index (χ2n) is 7.98. The number of thiophene rings is 2. The molecule has 0 bridgehead atoms. The lowest BCUT2D eigenvalue weighted by molar-refractivity contribution is -0.133. The molecule has 2 aliphatic heterocycles. The SMILES string of the molecule is COc1ccccc1N1CCN(C(=O)CN2CCc3sccc3C2c2cccs2)CC1. The predicted octanol–water partition coefficient (Wildman–Crippen LogP) is 4.11. The molecule has 7 heteroatoms. The van der Waals surface area contributed by atoms with E-state index >= 15 is 0 Å². The van der Waals surface area contributed by atoms with Gasteiger partial charge in [-0.2, -0.15) is 0 Å². The summed E-state index contributed by atoms with van der Waals surface area (Å²) in [6.45, 7) is 4.57. The Morgan fingerprint density at radius 1 is 1.00 bits per heavy atom. The first kappa shape index (κ1) is 20.5. The van der Waals surface area contributed by atoms with E-state index in [4.69, 9.17) is 4.74 Å². The molecule has 31 heavy (non-hydrogen) atoms. The average molecular weight is 454 g/mol. The van der Waals surface area contributed by atoms with E-state index in [1.54, 1.807) is 18.4 Å². The molecule has 1 amide bonds. The normalized spacial score (nSPS) is 19.3. The number of carbonyl (C=O) groups is 1. The predicted molar refractivity (Wildman–Crippen MR) is 128 cm³/mol. The van der Waals surface area contributed by atoms with E-state index in [1.165, 1.54) is 15.3 Å². The van der Waals surface area contributed by atoms with Crippen LogP contribution < -0.4 is 9.64 Å². The van der Waals surface area contributed by atoms with Crippen molar-refractivity contribution in [3.05, 3.63) is 68.5 Å². The fourth-order valence-electron chi connectivity index (χ4n) is 4.68. The minimum absolute atomic E-state index is 0.203. The van der Waals surface area contributed by atoms with Gasteiger partial charge < -0.3 is 14.5 Å². The van der Waals surface area contributed by atoms with Gasteiger partial charge in [-0.05, 0) is 47.0 Å². The largest absolute Gasteiger partial charge is 0.495 e. The van der Waals surface area contributed by atoms with Crippen LogP contribution in [0.4, 0.5) is 5.69 Å². The molecule has 5 nitrogen and oxygen atoms in total. The van der Waals surface area contributed by atoms with E-state index in [-0.39, 0.29) is 11.9 Å². The highest BCUT2D eigenvalue weighted by Gasteiger charge is 2.33. The van der Waals surface area contributed by atoms with Crippen LogP contribution >= 0.6 is 22.7 Å². The standard InChI is InChI=1S/C24H27N3O2S2/c1-29-20-6-3-2-5-19(20)25-11-13-26(14-12-25)23(28)17-27-10-8-21-18(9-16-31-21)24(27)22-7-4-15-30-22/h2-7,9,15-16,24H,8,10-14,17H2,1H3. The Balaban J connectivity index is 1.25. The highest BCUT2D eigenvalue weighted by Crippen LogP contribution is 2.39. The summed E-state index contributed by atoms with van der Waals surface area (Å²) in [5.74, 6) is 1.13. The molecule has 1 aromatic carbocycles. The van der Waals surface area contributed by atoms with Crippen molar-refractivity contribution in [3.8, 4) is 5.75 Å². The van der Waals surface area contributed by atoms with E-state index in [0.29, 0.717) is 6.54 Å². The minimum Gasteiger partial charge on any atom is -0.495 e. The molecule has 1 fully saturated rings. The van der Waals surface area contributed by atoms with E-state index in [0.717, 1.165) is 50.6 Å². The number of carbonyl (C=O) groups excluding carboxylic acids is 1. The van der Waals surface area contributed by atoms with Crippen LogP contribution in [0, 0.1) is 0 Å². The Morgan fingerprint density at radius 3 is 2.61 bits per heavy atom. The van der Waals surface area contributed by atoms with Crippen molar-refractivity contribution in [1.82, 2.24) is 9.80 Å². The average Bonchev–Trinajstić information content (AvgIpc) is 3.51. The number of benzene rings is 1. The van der Waals surface area contributed by atoms with Gasteiger partial charge in [-0.25, -0.2) is 0 Å². The van der Waals surface area contributed by atoms with Gasteiger partial charge in [0.05, 0.1) is 25.4 Å². The topological polar surface area (TPSA) is 36.0 Å². The molecule has 2 aromatic heterocycles. The molecular formula is C24H27N3O2S2. The number of ether oxygens (including phenoxy) is 1. The molecule has 162 valence electrons. The van der Waals surface area contributed by atoms with Crippen molar-refractivity contribution >= 4 is 34.3 Å². The Labute approximate surface area is 191 Å². The van der Waals surface area contributed by atoms with Crippen molar-refractivity contribution in [2.45, 2.75) is 12.5 Å². The van der Waals surface area contributed by atoms with Gasteiger partial charge >= 0.3 is 0 Å². The smallest absolute Gasteiger partial charge is 0.236 e. The Kier molecular flexibility index (Phi) is 5.98. The molecule has 1 unspecified atom stereocenters. The first-order valence-electron chi connectivity index (χ1n) is 10.7. The summed E-state index contributed by atoms with van der Waals surface area (Å²) >= 11 is 3.63. The lowest BCUT2D eigenvalue weighted by Gasteiger charge is -2.39. The summed E-state index contributed by atoms with van der Waals surface area (Å²) in [5.41, 5.74) is 2.49. The van der Waals surface area contributed by atoms with Crippen LogP contribution in [0.2, 0.25) is 0 Å². The molecule has 0 radical (unpaired) electrons. The zero-order valence-corrected chi connectivity index (χ0v) is 19.3. The van der Waals surface area contributed by atoms with Gasteiger partial charge in [0.15, 0.2) is 0 Å². The van der Waals surface area contributed by atoms with Crippen LogP contribution in [0.5, 0.6) is 5.75 Å². The highest BCUT2D eigenvalue weighted by atomic mass is 32.1. The van der Waals surface area contributed by atoms with Crippen molar-refractivity contribution in [3.63, 3.8) is 0 Å². The monoisotopic (exact) mass is 453 g/mol. The van der Waals surface area contributed by atoms with Gasteiger partial charge in [-0.1, -0.05) is 18.2 Å². The number of methoxy groups -OCH3 is 1. The third-order valence-electron chi connectivity index (χ3n) is 6.27. The van der Waals surface area contributed by atoms with Crippen LogP contribution in [-0.4, -0.2) is 62.1 Å². The van der Waals surface area contributed by atoms with E-state index in [9.17, 15) is 4.79 Å². The maximum atomic E-state index is 13.2. The third-order valence-corrected chi connectivity index (χ3v) is 8.20. The van der Waals surface area contributed by atoms with Crippen LogP contribution in [0.25, 0.3) is 0 Å². The number of fused-ring (bicyclic) bond motifs is 1. The zero-order valence-electron chi connectivity index (χ0n) is 17.7. The Hall–Kier alpha value is -2.35. The number of amides is 1. The van der Waals surface area contributed by atoms with Gasteiger partial charge in [-0.3, -0.25) is 9.69 Å². The second kappa shape index (κ2) is 9.02. The summed E-state index contributed by atoms with van der Waals surface area (Å²) < 4.78 is 5.52. The summed E-state index contributed by atoms with van der Waals surface area (Å²) in [5, 5.41) is 4.32. The molecule has 1 atom stereocenters. The number of hydrogen-bond donors (Lipinski definition) is 0. The van der Waals surface area contributed by atoms with Crippen molar-refractivity contribution < 1.29 is 9.53 Å². The number of para-hydroxylation sites is 2. The van der Waals surface area contributed by atoms with E-state index < -0.39 is 0 Å². The summed E-state index contributed by atoms with van der Waals surface area (Å²) in [6, 6.07) is 14.9. The first-order valence-corrected chi connectivity index (χ1v) is 12.5. The molecule has 3 aromatic rings. The number of nitrogens with zero attached hydrogens (tertiary/aromatic N) is 3. The molecule has 4 heterocycles. The van der Waals surface area contributed by atoms with Gasteiger partial charge in [0, 0.05) is 42.5 Å². The van der Waals surface area contributed by atoms with Gasteiger partial charge in [0.25, 0.3) is 0 Å². The van der Waals surface area contributed by atoms with E-state index in [1.807, 2.05) is 34.4 Å². The van der Waals surface area contributed by atoms with Crippen LogP contribution in [-0.2, 0) is 11.2 Å². The number of piperazine rings is 1. The fraction of sp³-hybridized carbons (Fsp3) is 0.375. The number of rotatable bonds is 5. The van der Waals surface area contributed by atoms with Crippen LogP contribution in [0.3, 0.4) is 0 Å². The van der Waals surface area contributed by atoms with Gasteiger partial charge in [0.2, 0.25) is 5.91 Å². The molecule has 0 spiro atoms. The molecule has 1 saturated heterocycles. The summed E-state index contributed by atoms with van der Waals surface area (Å²) in [4.78, 5) is 22.8. The first-order chi connectivity index (χ1) is 15.2. The summed E-state index contributed by atoms with van der Waals surface area (Å²) in [7, 11) is 1.71. The molecule has 2 aliphatic rings. The summed E-state index contributed by atoms with van der Waals surface area (Å²) in [6.07, 6.45) is 1.03. The Bertz CT molecular complexity index is 1030. The molecule has 0 N–H and O–H groups in total. The quantitative estimate of drug-likeness (QED) is 0.582. The Morgan fingerprint density at radius 2 is 1.84 bits per heavy atom. The molecule has 5 rings (SSSR count). The number of hydrogen-bond acceptors (Lipinski definition) is 6. The van der Waals surface area contributed by atoms with Gasteiger partial charge in [-0.15, -0.1) is 22.7 Å². The molecular weight excluding hydrogens is 426 g/mol. The minimum atomic E-state index is 0.203. The highest BCUT2D eigenvalue weighted by molar-refractivity contribution is 7.10. The van der Waals surface area contributed by atoms with Crippen molar-refractivity contribution in [1.29, 1.82) is 0 Å². The van der Waals surface area contributed by atoms with Crippen molar-refractivity contribution in [2.75, 3.05) is 51.3 Å².